The summed E-state index contributed by atoms with van der Waals surface area (Å²) in [6.45, 7) is 0. The molecule has 0 fully saturated rings. The summed E-state index contributed by atoms with van der Waals surface area (Å²) in [7, 11) is 0. The first-order valence-corrected chi connectivity index (χ1v) is 4.72. The van der Waals surface area contributed by atoms with Crippen LogP contribution in [-0.2, 0) is 6.42 Å². The van der Waals surface area contributed by atoms with Crippen molar-refractivity contribution in [2.45, 2.75) is 12.8 Å². The largest absolute Gasteiger partial charge is 0.383 e. The number of nitrogens with two attached hydrogens (primary N) is 1. The summed E-state index contributed by atoms with van der Waals surface area (Å²) in [5.41, 5.74) is 6.78. The zero-order valence-electron chi connectivity index (χ0n) is 6.26. The highest BCUT2D eigenvalue weighted by Gasteiger charge is 1.96. The fraction of sp³-hybridized carbons (Fsp3) is 0.375. The molecule has 60 valence electrons. The van der Waals surface area contributed by atoms with Gasteiger partial charge < -0.3 is 5.73 Å². The van der Waals surface area contributed by atoms with Gasteiger partial charge in [0.2, 0.25) is 0 Å². The first kappa shape index (κ1) is 8.53. The molecule has 0 amide bonds. The summed E-state index contributed by atoms with van der Waals surface area (Å²) in [6.07, 6.45) is 3.83. The first-order valence-electron chi connectivity index (χ1n) is 3.60. The third-order valence-electron chi connectivity index (χ3n) is 1.51. The lowest BCUT2D eigenvalue weighted by atomic mass is 10.1. The lowest BCUT2D eigenvalue weighted by molar-refractivity contribution is 0.934. The van der Waals surface area contributed by atoms with Crippen molar-refractivity contribution in [3.05, 3.63) is 23.9 Å². The van der Waals surface area contributed by atoms with E-state index in [2.05, 4.69) is 20.9 Å². The van der Waals surface area contributed by atoms with Gasteiger partial charge in [-0.2, -0.15) is 0 Å². The average molecular weight is 215 g/mol. The third-order valence-corrected chi connectivity index (χ3v) is 2.07. The van der Waals surface area contributed by atoms with Gasteiger partial charge in [0, 0.05) is 11.5 Å². The molecule has 11 heavy (non-hydrogen) atoms. The van der Waals surface area contributed by atoms with E-state index in [1.54, 1.807) is 6.20 Å². The first-order chi connectivity index (χ1) is 5.34. The SMILES string of the molecule is Nc1ncccc1CCCBr. The Morgan fingerprint density at radius 3 is 3.00 bits per heavy atom. The summed E-state index contributed by atoms with van der Waals surface area (Å²) >= 11 is 3.37. The Kier molecular flexibility index (Phi) is 3.36. The molecule has 0 aliphatic carbocycles. The van der Waals surface area contributed by atoms with Crippen molar-refractivity contribution in [1.29, 1.82) is 0 Å². The van der Waals surface area contributed by atoms with E-state index < -0.39 is 0 Å². The van der Waals surface area contributed by atoms with Crippen LogP contribution in [0.3, 0.4) is 0 Å². The van der Waals surface area contributed by atoms with Gasteiger partial charge in [0.05, 0.1) is 0 Å². The molecule has 0 radical (unpaired) electrons. The summed E-state index contributed by atoms with van der Waals surface area (Å²) in [5, 5.41) is 1.02. The number of aromatic nitrogens is 1. The van der Waals surface area contributed by atoms with Gasteiger partial charge in [0.15, 0.2) is 0 Å². The molecule has 0 aliphatic rings. The monoisotopic (exact) mass is 214 g/mol. The Labute approximate surface area is 75.0 Å². The fourth-order valence-corrected chi connectivity index (χ4v) is 1.20. The van der Waals surface area contributed by atoms with E-state index in [-0.39, 0.29) is 0 Å². The molecule has 0 unspecified atom stereocenters. The number of rotatable bonds is 3. The molecule has 1 rings (SSSR count). The van der Waals surface area contributed by atoms with E-state index >= 15 is 0 Å². The second kappa shape index (κ2) is 4.34. The number of nitrogen functional groups attached to an aromatic ring is 1. The molecular weight excluding hydrogens is 204 g/mol. The Hall–Kier alpha value is -0.570. The molecule has 1 aromatic rings. The van der Waals surface area contributed by atoms with Crippen molar-refractivity contribution >= 4 is 21.7 Å². The standard InChI is InChI=1S/C8H11BrN2/c9-5-1-3-7-4-2-6-11-8(7)10/h2,4,6H,1,3,5H2,(H2,10,11). The number of aryl methyl sites for hydroxylation is 1. The van der Waals surface area contributed by atoms with Gasteiger partial charge in [-0.25, -0.2) is 4.98 Å². The van der Waals surface area contributed by atoms with Crippen LogP contribution >= 0.6 is 15.9 Å². The van der Waals surface area contributed by atoms with Crippen molar-refractivity contribution in [2.24, 2.45) is 0 Å². The molecule has 0 atom stereocenters. The van der Waals surface area contributed by atoms with Crippen LogP contribution < -0.4 is 5.73 Å². The van der Waals surface area contributed by atoms with Gasteiger partial charge in [-0.1, -0.05) is 22.0 Å². The molecule has 0 aliphatic heterocycles. The molecule has 0 spiro atoms. The van der Waals surface area contributed by atoms with Gasteiger partial charge in [-0.15, -0.1) is 0 Å². The molecule has 1 heterocycles. The van der Waals surface area contributed by atoms with E-state index in [9.17, 15) is 0 Å². The second-order valence-corrected chi connectivity index (χ2v) is 3.13. The van der Waals surface area contributed by atoms with Crippen LogP contribution in [0.25, 0.3) is 0 Å². The van der Waals surface area contributed by atoms with E-state index in [1.165, 1.54) is 0 Å². The van der Waals surface area contributed by atoms with Gasteiger partial charge in [-0.05, 0) is 24.5 Å². The predicted molar refractivity (Wildman–Crippen MR) is 50.8 cm³/mol. The van der Waals surface area contributed by atoms with Gasteiger partial charge in [-0.3, -0.25) is 0 Å². The Morgan fingerprint density at radius 2 is 2.36 bits per heavy atom. The number of alkyl halides is 1. The zero-order valence-corrected chi connectivity index (χ0v) is 7.84. The Morgan fingerprint density at radius 1 is 1.55 bits per heavy atom. The summed E-state index contributed by atoms with van der Waals surface area (Å²) in [6, 6.07) is 3.94. The van der Waals surface area contributed by atoms with E-state index in [4.69, 9.17) is 5.73 Å². The molecule has 3 heteroatoms. The van der Waals surface area contributed by atoms with Crippen LogP contribution in [0.15, 0.2) is 18.3 Å². The molecular formula is C8H11BrN2. The van der Waals surface area contributed by atoms with Crippen molar-refractivity contribution in [2.75, 3.05) is 11.1 Å². The van der Waals surface area contributed by atoms with Crippen LogP contribution in [0.1, 0.15) is 12.0 Å². The smallest absolute Gasteiger partial charge is 0.126 e. The van der Waals surface area contributed by atoms with Gasteiger partial charge in [0.25, 0.3) is 0 Å². The molecule has 0 aromatic carbocycles. The number of anilines is 1. The molecule has 0 saturated heterocycles. The zero-order chi connectivity index (χ0) is 8.10. The fourth-order valence-electron chi connectivity index (χ4n) is 0.919. The number of nitrogens with zero attached hydrogens (tertiary/aromatic N) is 1. The van der Waals surface area contributed by atoms with Crippen LogP contribution in [0.4, 0.5) is 5.82 Å². The lowest BCUT2D eigenvalue weighted by Gasteiger charge is -2.00. The summed E-state index contributed by atoms with van der Waals surface area (Å²) < 4.78 is 0. The summed E-state index contributed by atoms with van der Waals surface area (Å²) in [4.78, 5) is 3.99. The van der Waals surface area contributed by atoms with E-state index in [0.717, 1.165) is 23.7 Å². The average Bonchev–Trinajstić information content (AvgIpc) is 2.03. The van der Waals surface area contributed by atoms with Crippen molar-refractivity contribution in [3.63, 3.8) is 0 Å². The van der Waals surface area contributed by atoms with E-state index in [1.807, 2.05) is 12.1 Å². The maximum absolute atomic E-state index is 5.63. The highest BCUT2D eigenvalue weighted by molar-refractivity contribution is 9.09. The van der Waals surface area contributed by atoms with Crippen molar-refractivity contribution in [1.82, 2.24) is 4.98 Å². The number of hydrogen-bond donors (Lipinski definition) is 1. The Bertz CT molecular complexity index is 225. The maximum atomic E-state index is 5.63. The van der Waals surface area contributed by atoms with Crippen LogP contribution in [0, 0.1) is 0 Å². The predicted octanol–water partition coefficient (Wildman–Crippen LogP) is 1.99. The minimum atomic E-state index is 0.661. The Balaban J connectivity index is 2.62. The highest BCUT2D eigenvalue weighted by atomic mass is 79.9. The molecule has 2 nitrogen and oxygen atoms in total. The molecule has 0 bridgehead atoms. The third kappa shape index (κ3) is 2.50. The van der Waals surface area contributed by atoms with Crippen molar-refractivity contribution in [3.8, 4) is 0 Å². The van der Waals surface area contributed by atoms with Crippen molar-refractivity contribution < 1.29 is 0 Å². The topological polar surface area (TPSA) is 38.9 Å². The van der Waals surface area contributed by atoms with Gasteiger partial charge in [0.1, 0.15) is 5.82 Å². The van der Waals surface area contributed by atoms with E-state index in [0.29, 0.717) is 5.82 Å². The number of hydrogen-bond acceptors (Lipinski definition) is 2. The van der Waals surface area contributed by atoms with Crippen LogP contribution in [0.2, 0.25) is 0 Å². The quantitative estimate of drug-likeness (QED) is 0.783. The van der Waals surface area contributed by atoms with Crippen LogP contribution in [0.5, 0.6) is 0 Å². The van der Waals surface area contributed by atoms with Gasteiger partial charge >= 0.3 is 0 Å². The maximum Gasteiger partial charge on any atom is 0.126 e. The minimum absolute atomic E-state index is 0.661. The second-order valence-electron chi connectivity index (χ2n) is 2.34. The summed E-state index contributed by atoms with van der Waals surface area (Å²) in [5.74, 6) is 0.661. The lowest BCUT2D eigenvalue weighted by Crippen LogP contribution is -1.96. The molecule has 1 aromatic heterocycles. The number of pyridine rings is 1. The number of halogens is 1. The highest BCUT2D eigenvalue weighted by Crippen LogP contribution is 2.09. The molecule has 2 N–H and O–H groups in total. The minimum Gasteiger partial charge on any atom is -0.383 e. The normalized spacial score (nSPS) is 9.91. The molecule has 0 saturated carbocycles. The van der Waals surface area contributed by atoms with Crippen LogP contribution in [-0.4, -0.2) is 10.3 Å².